The topological polar surface area (TPSA) is 36.4 Å². The van der Waals surface area contributed by atoms with Crippen molar-refractivity contribution in [3.63, 3.8) is 0 Å². The van der Waals surface area contributed by atoms with Crippen LogP contribution < -0.4 is 0 Å². The van der Waals surface area contributed by atoms with Crippen molar-refractivity contribution >= 4 is 11.3 Å². The van der Waals surface area contributed by atoms with E-state index >= 15 is 0 Å². The smallest absolute Gasteiger partial charge is 0.107 e. The van der Waals surface area contributed by atoms with E-state index in [1.54, 1.807) is 11.3 Å². The average molecular weight is 214 g/mol. The van der Waals surface area contributed by atoms with Gasteiger partial charge in [0, 0.05) is 18.1 Å². The van der Waals surface area contributed by atoms with Gasteiger partial charge in [0.1, 0.15) is 5.01 Å². The van der Waals surface area contributed by atoms with Crippen LogP contribution in [0, 0.1) is 0 Å². The molecule has 0 amide bonds. The molecular formula is C10H18N2OS. The Kier molecular flexibility index (Phi) is 5.75. The van der Waals surface area contributed by atoms with E-state index in [-0.39, 0.29) is 6.61 Å². The minimum Gasteiger partial charge on any atom is -0.395 e. The van der Waals surface area contributed by atoms with E-state index in [1.807, 2.05) is 11.6 Å². The predicted molar refractivity (Wildman–Crippen MR) is 59.4 cm³/mol. The van der Waals surface area contributed by atoms with Crippen LogP contribution in [0.2, 0.25) is 0 Å². The number of hydrogen-bond acceptors (Lipinski definition) is 4. The maximum Gasteiger partial charge on any atom is 0.107 e. The summed E-state index contributed by atoms with van der Waals surface area (Å²) >= 11 is 1.68. The molecule has 0 fully saturated rings. The highest BCUT2D eigenvalue weighted by atomic mass is 32.1. The van der Waals surface area contributed by atoms with Gasteiger partial charge in [-0.3, -0.25) is 4.90 Å². The van der Waals surface area contributed by atoms with Gasteiger partial charge in [-0.2, -0.15) is 0 Å². The summed E-state index contributed by atoms with van der Waals surface area (Å²) in [5.74, 6) is 0. The Morgan fingerprint density at radius 2 is 2.36 bits per heavy atom. The fourth-order valence-electron chi connectivity index (χ4n) is 1.32. The molecule has 1 heterocycles. The maximum atomic E-state index is 8.91. The lowest BCUT2D eigenvalue weighted by atomic mass is 10.3. The van der Waals surface area contributed by atoms with E-state index in [0.29, 0.717) is 0 Å². The average Bonchev–Trinajstić information content (AvgIpc) is 2.67. The van der Waals surface area contributed by atoms with Crippen molar-refractivity contribution in [1.29, 1.82) is 0 Å². The van der Waals surface area contributed by atoms with Crippen LogP contribution in [0.5, 0.6) is 0 Å². The summed E-state index contributed by atoms with van der Waals surface area (Å²) in [7, 11) is 0. The van der Waals surface area contributed by atoms with Crippen molar-refractivity contribution in [2.24, 2.45) is 0 Å². The van der Waals surface area contributed by atoms with Crippen molar-refractivity contribution < 1.29 is 5.11 Å². The molecule has 80 valence electrons. The van der Waals surface area contributed by atoms with Gasteiger partial charge in [-0.05, 0) is 13.0 Å². The maximum absolute atomic E-state index is 8.91. The quantitative estimate of drug-likeness (QED) is 0.751. The van der Waals surface area contributed by atoms with Crippen molar-refractivity contribution in [3.05, 3.63) is 16.6 Å². The molecule has 0 aromatic carbocycles. The fourth-order valence-corrected chi connectivity index (χ4v) is 1.97. The molecular weight excluding hydrogens is 196 g/mol. The minimum atomic E-state index is 0.231. The molecule has 0 aliphatic carbocycles. The summed E-state index contributed by atoms with van der Waals surface area (Å²) in [5, 5.41) is 12.0. The third kappa shape index (κ3) is 4.17. The highest BCUT2D eigenvalue weighted by Gasteiger charge is 2.05. The van der Waals surface area contributed by atoms with E-state index < -0.39 is 0 Å². The molecule has 1 aromatic rings. The van der Waals surface area contributed by atoms with Gasteiger partial charge in [-0.25, -0.2) is 4.98 Å². The number of unbranched alkanes of at least 4 members (excludes halogenated alkanes) is 1. The summed E-state index contributed by atoms with van der Waals surface area (Å²) in [5.41, 5.74) is 0. The molecule has 0 saturated carbocycles. The molecule has 1 rings (SSSR count). The SMILES string of the molecule is CCCCN(CCO)Cc1nccs1. The van der Waals surface area contributed by atoms with Gasteiger partial charge in [-0.1, -0.05) is 13.3 Å². The number of aliphatic hydroxyl groups excluding tert-OH is 1. The zero-order valence-corrected chi connectivity index (χ0v) is 9.46. The molecule has 0 atom stereocenters. The van der Waals surface area contributed by atoms with Gasteiger partial charge in [0.2, 0.25) is 0 Å². The Bertz CT molecular complexity index is 226. The predicted octanol–water partition coefficient (Wildman–Crippen LogP) is 1.74. The van der Waals surface area contributed by atoms with E-state index in [4.69, 9.17) is 5.11 Å². The van der Waals surface area contributed by atoms with Crippen LogP contribution in [0.15, 0.2) is 11.6 Å². The molecule has 0 spiro atoms. The number of rotatable bonds is 7. The summed E-state index contributed by atoms with van der Waals surface area (Å²) in [4.78, 5) is 6.49. The molecule has 1 aromatic heterocycles. The van der Waals surface area contributed by atoms with Crippen LogP contribution in [-0.4, -0.2) is 34.7 Å². The van der Waals surface area contributed by atoms with Gasteiger partial charge < -0.3 is 5.11 Å². The highest BCUT2D eigenvalue weighted by molar-refractivity contribution is 7.09. The van der Waals surface area contributed by atoms with E-state index in [1.165, 1.54) is 12.8 Å². The monoisotopic (exact) mass is 214 g/mol. The minimum absolute atomic E-state index is 0.231. The Morgan fingerprint density at radius 3 is 2.93 bits per heavy atom. The van der Waals surface area contributed by atoms with E-state index in [2.05, 4.69) is 16.8 Å². The number of hydrogen-bond donors (Lipinski definition) is 1. The lowest BCUT2D eigenvalue weighted by molar-refractivity contribution is 0.188. The summed E-state index contributed by atoms with van der Waals surface area (Å²) in [6.45, 7) is 5.09. The van der Waals surface area contributed by atoms with Crippen molar-refractivity contribution in [2.75, 3.05) is 19.7 Å². The number of aromatic nitrogens is 1. The second-order valence-corrected chi connectivity index (χ2v) is 4.26. The first-order valence-corrected chi connectivity index (χ1v) is 5.96. The number of thiazole rings is 1. The first-order chi connectivity index (χ1) is 6.86. The number of aliphatic hydroxyl groups is 1. The third-order valence-electron chi connectivity index (χ3n) is 2.09. The van der Waals surface area contributed by atoms with Gasteiger partial charge in [-0.15, -0.1) is 11.3 Å². The standard InChI is InChI=1S/C10H18N2OS/c1-2-3-5-12(6-7-13)9-10-11-4-8-14-10/h4,8,13H,2-3,5-7,9H2,1H3. The van der Waals surface area contributed by atoms with Crippen LogP contribution in [0.1, 0.15) is 24.8 Å². The largest absolute Gasteiger partial charge is 0.395 e. The van der Waals surface area contributed by atoms with Gasteiger partial charge in [0.05, 0.1) is 13.2 Å². The third-order valence-corrected chi connectivity index (χ3v) is 2.85. The summed E-state index contributed by atoms with van der Waals surface area (Å²) in [6.07, 6.45) is 4.21. The van der Waals surface area contributed by atoms with Crippen LogP contribution in [0.3, 0.4) is 0 Å². The normalized spacial score (nSPS) is 11.1. The van der Waals surface area contributed by atoms with Crippen LogP contribution in [0.25, 0.3) is 0 Å². The van der Waals surface area contributed by atoms with Crippen molar-refractivity contribution in [3.8, 4) is 0 Å². The Morgan fingerprint density at radius 1 is 1.50 bits per heavy atom. The fraction of sp³-hybridized carbons (Fsp3) is 0.700. The van der Waals surface area contributed by atoms with E-state index in [0.717, 1.165) is 24.6 Å². The second-order valence-electron chi connectivity index (χ2n) is 3.28. The molecule has 0 aliphatic rings. The first-order valence-electron chi connectivity index (χ1n) is 5.08. The van der Waals surface area contributed by atoms with Crippen molar-refractivity contribution in [1.82, 2.24) is 9.88 Å². The van der Waals surface area contributed by atoms with Crippen LogP contribution in [0.4, 0.5) is 0 Å². The van der Waals surface area contributed by atoms with Crippen molar-refractivity contribution in [2.45, 2.75) is 26.3 Å². The number of nitrogens with zero attached hydrogens (tertiary/aromatic N) is 2. The highest BCUT2D eigenvalue weighted by Crippen LogP contribution is 2.08. The molecule has 14 heavy (non-hydrogen) atoms. The molecule has 4 heteroatoms. The summed E-state index contributed by atoms with van der Waals surface area (Å²) in [6, 6.07) is 0. The molecule has 3 nitrogen and oxygen atoms in total. The summed E-state index contributed by atoms with van der Waals surface area (Å²) < 4.78 is 0. The van der Waals surface area contributed by atoms with Gasteiger partial charge in [0.25, 0.3) is 0 Å². The molecule has 1 N–H and O–H groups in total. The lowest BCUT2D eigenvalue weighted by Gasteiger charge is -2.19. The molecule has 0 aliphatic heterocycles. The zero-order chi connectivity index (χ0) is 10.2. The Hall–Kier alpha value is -0.450. The molecule has 0 bridgehead atoms. The van der Waals surface area contributed by atoms with Crippen LogP contribution in [-0.2, 0) is 6.54 Å². The first kappa shape index (κ1) is 11.6. The van der Waals surface area contributed by atoms with Gasteiger partial charge >= 0.3 is 0 Å². The second kappa shape index (κ2) is 6.92. The lowest BCUT2D eigenvalue weighted by Crippen LogP contribution is -2.27. The Labute approximate surface area is 89.4 Å². The molecule has 0 saturated heterocycles. The van der Waals surface area contributed by atoms with Crippen LogP contribution >= 0.6 is 11.3 Å². The molecule has 0 radical (unpaired) electrons. The van der Waals surface area contributed by atoms with Gasteiger partial charge in [0.15, 0.2) is 0 Å². The zero-order valence-electron chi connectivity index (χ0n) is 8.65. The Balaban J connectivity index is 2.34. The molecule has 0 unspecified atom stereocenters. The van der Waals surface area contributed by atoms with E-state index in [9.17, 15) is 0 Å².